The molecule has 0 bridgehead atoms. The summed E-state index contributed by atoms with van der Waals surface area (Å²) < 4.78 is 10.7. The molecule has 0 aliphatic heterocycles. The summed E-state index contributed by atoms with van der Waals surface area (Å²) in [7, 11) is 1.50. The highest BCUT2D eigenvalue weighted by molar-refractivity contribution is 6.09. The molecule has 0 fully saturated rings. The van der Waals surface area contributed by atoms with Crippen LogP contribution in [0.25, 0.3) is 22.5 Å². The zero-order chi connectivity index (χ0) is 21.8. The van der Waals surface area contributed by atoms with Crippen molar-refractivity contribution in [3.05, 3.63) is 83.6 Å². The number of aliphatic hydroxyl groups excluding tert-OH is 1. The molecule has 31 heavy (non-hydrogen) atoms. The molecule has 7 nitrogen and oxygen atoms in total. The summed E-state index contributed by atoms with van der Waals surface area (Å²) >= 11 is 0. The van der Waals surface area contributed by atoms with Gasteiger partial charge in [-0.25, -0.2) is 4.98 Å². The Kier molecular flexibility index (Phi) is 5.77. The van der Waals surface area contributed by atoms with Gasteiger partial charge in [-0.05, 0) is 24.6 Å². The van der Waals surface area contributed by atoms with Crippen LogP contribution in [-0.4, -0.2) is 28.3 Å². The number of nitrogens with one attached hydrogen (secondary N) is 1. The maximum absolute atomic E-state index is 13.1. The number of pyridine rings is 1. The Bertz CT molecular complexity index is 1200. The number of hydrogen-bond acceptors (Lipinski definition) is 6. The van der Waals surface area contributed by atoms with Gasteiger partial charge in [0.05, 0.1) is 19.4 Å². The van der Waals surface area contributed by atoms with Crippen LogP contribution < -0.4 is 10.1 Å². The zero-order valence-corrected chi connectivity index (χ0v) is 17.1. The Morgan fingerprint density at radius 3 is 2.45 bits per heavy atom. The predicted molar refractivity (Wildman–Crippen MR) is 117 cm³/mol. The summed E-state index contributed by atoms with van der Waals surface area (Å²) in [6.07, 6.45) is 0. The standard InChI is InChI=1S/C24H21N3O4/c1-15-21(22(27-31-15)18-6-4-3-5-7-18)23(29)25-20-13-12-19(26-24(20)30-2)17-10-8-16(14-28)9-11-17/h3-13,28H,14H2,1-2H3,(H,25,29). The van der Waals surface area contributed by atoms with Crippen LogP contribution in [0, 0.1) is 6.92 Å². The third kappa shape index (κ3) is 4.17. The van der Waals surface area contributed by atoms with E-state index in [9.17, 15) is 9.90 Å². The lowest BCUT2D eigenvalue weighted by molar-refractivity contribution is 0.102. The first-order valence-corrected chi connectivity index (χ1v) is 9.69. The van der Waals surface area contributed by atoms with E-state index in [2.05, 4.69) is 15.5 Å². The van der Waals surface area contributed by atoms with Crippen LogP contribution in [0.4, 0.5) is 5.69 Å². The van der Waals surface area contributed by atoms with Crippen LogP contribution in [0.5, 0.6) is 5.88 Å². The Hall–Kier alpha value is -3.97. The molecule has 0 aliphatic rings. The summed E-state index contributed by atoms with van der Waals surface area (Å²) in [5.41, 5.74) is 4.43. The van der Waals surface area contributed by atoms with Gasteiger partial charge in [-0.3, -0.25) is 4.79 Å². The lowest BCUT2D eigenvalue weighted by atomic mass is 10.1. The molecule has 0 saturated carbocycles. The zero-order valence-electron chi connectivity index (χ0n) is 17.1. The number of rotatable bonds is 6. The molecule has 0 aliphatic carbocycles. The van der Waals surface area contributed by atoms with E-state index >= 15 is 0 Å². The number of anilines is 1. The van der Waals surface area contributed by atoms with Crippen LogP contribution >= 0.6 is 0 Å². The first-order chi connectivity index (χ1) is 15.1. The molecule has 0 spiro atoms. The minimum atomic E-state index is -0.363. The second kappa shape index (κ2) is 8.81. The minimum Gasteiger partial charge on any atom is -0.479 e. The number of nitrogens with zero attached hydrogens (tertiary/aromatic N) is 2. The molecule has 4 rings (SSSR count). The van der Waals surface area contributed by atoms with Gasteiger partial charge in [-0.15, -0.1) is 0 Å². The number of aliphatic hydroxyl groups is 1. The average molecular weight is 415 g/mol. The van der Waals surface area contributed by atoms with Gasteiger partial charge in [0.15, 0.2) is 0 Å². The summed E-state index contributed by atoms with van der Waals surface area (Å²) in [4.78, 5) is 17.6. The number of aromatic nitrogens is 2. The van der Waals surface area contributed by atoms with E-state index in [1.807, 2.05) is 54.6 Å². The van der Waals surface area contributed by atoms with E-state index in [-0.39, 0.29) is 18.4 Å². The van der Waals surface area contributed by atoms with Gasteiger partial charge < -0.3 is 19.7 Å². The molecule has 0 atom stereocenters. The summed E-state index contributed by atoms with van der Waals surface area (Å²) in [5, 5.41) is 16.1. The predicted octanol–water partition coefficient (Wildman–Crippen LogP) is 4.47. The molecule has 2 aromatic carbocycles. The molecular formula is C24H21N3O4. The normalized spacial score (nSPS) is 10.7. The quantitative estimate of drug-likeness (QED) is 0.482. The van der Waals surface area contributed by atoms with Gasteiger partial charge in [0.1, 0.15) is 22.7 Å². The molecular weight excluding hydrogens is 394 g/mol. The van der Waals surface area contributed by atoms with Gasteiger partial charge in [-0.2, -0.15) is 0 Å². The summed E-state index contributed by atoms with van der Waals surface area (Å²) in [5.74, 6) is 0.342. The topological polar surface area (TPSA) is 97.5 Å². The van der Waals surface area contributed by atoms with E-state index < -0.39 is 0 Å². The van der Waals surface area contributed by atoms with Crippen LogP contribution in [0.3, 0.4) is 0 Å². The van der Waals surface area contributed by atoms with E-state index in [1.165, 1.54) is 7.11 Å². The van der Waals surface area contributed by atoms with Gasteiger partial charge in [0, 0.05) is 11.1 Å². The lowest BCUT2D eigenvalue weighted by Crippen LogP contribution is -2.14. The van der Waals surface area contributed by atoms with Crippen molar-refractivity contribution >= 4 is 11.6 Å². The maximum atomic E-state index is 13.1. The molecule has 7 heteroatoms. The van der Waals surface area contributed by atoms with Crippen molar-refractivity contribution in [2.75, 3.05) is 12.4 Å². The maximum Gasteiger partial charge on any atom is 0.261 e. The van der Waals surface area contributed by atoms with Crippen molar-refractivity contribution in [2.24, 2.45) is 0 Å². The van der Waals surface area contributed by atoms with Crippen molar-refractivity contribution in [1.29, 1.82) is 0 Å². The largest absolute Gasteiger partial charge is 0.479 e. The van der Waals surface area contributed by atoms with Gasteiger partial charge in [0.25, 0.3) is 5.91 Å². The van der Waals surface area contributed by atoms with Crippen LogP contribution in [-0.2, 0) is 6.61 Å². The first kappa shape index (κ1) is 20.3. The van der Waals surface area contributed by atoms with Crippen molar-refractivity contribution in [1.82, 2.24) is 10.1 Å². The van der Waals surface area contributed by atoms with Crippen molar-refractivity contribution in [3.63, 3.8) is 0 Å². The molecule has 156 valence electrons. The highest BCUT2D eigenvalue weighted by Gasteiger charge is 2.23. The van der Waals surface area contributed by atoms with Gasteiger partial charge >= 0.3 is 0 Å². The number of hydrogen-bond donors (Lipinski definition) is 2. The number of methoxy groups -OCH3 is 1. The highest BCUT2D eigenvalue weighted by atomic mass is 16.5. The Morgan fingerprint density at radius 2 is 1.77 bits per heavy atom. The molecule has 0 radical (unpaired) electrons. The summed E-state index contributed by atoms with van der Waals surface area (Å²) in [6.45, 7) is 1.68. The van der Waals surface area contributed by atoms with E-state index in [4.69, 9.17) is 9.26 Å². The SMILES string of the molecule is COc1nc(-c2ccc(CO)cc2)ccc1NC(=O)c1c(-c2ccccc2)noc1C. The van der Waals surface area contributed by atoms with E-state index in [0.29, 0.717) is 28.4 Å². The van der Waals surface area contributed by atoms with Gasteiger partial charge in [-0.1, -0.05) is 59.8 Å². The third-order valence-electron chi connectivity index (χ3n) is 4.87. The fourth-order valence-corrected chi connectivity index (χ4v) is 3.25. The molecule has 0 unspecified atom stereocenters. The van der Waals surface area contributed by atoms with Crippen molar-refractivity contribution in [3.8, 4) is 28.4 Å². The first-order valence-electron chi connectivity index (χ1n) is 9.69. The Balaban J connectivity index is 1.63. The Labute approximate surface area is 179 Å². The van der Waals surface area contributed by atoms with Crippen molar-refractivity contribution < 1.29 is 19.2 Å². The molecule has 2 N–H and O–H groups in total. The number of amides is 1. The van der Waals surface area contributed by atoms with Crippen molar-refractivity contribution in [2.45, 2.75) is 13.5 Å². The monoisotopic (exact) mass is 415 g/mol. The van der Waals surface area contributed by atoms with E-state index in [0.717, 1.165) is 16.7 Å². The number of benzene rings is 2. The molecule has 2 heterocycles. The summed E-state index contributed by atoms with van der Waals surface area (Å²) in [6, 6.07) is 20.3. The highest BCUT2D eigenvalue weighted by Crippen LogP contribution is 2.30. The number of aryl methyl sites for hydroxylation is 1. The number of carbonyl (C=O) groups is 1. The average Bonchev–Trinajstić information content (AvgIpc) is 3.21. The lowest BCUT2D eigenvalue weighted by Gasteiger charge is -2.11. The fraction of sp³-hybridized carbons (Fsp3) is 0.125. The van der Waals surface area contributed by atoms with Crippen LogP contribution in [0.15, 0.2) is 71.3 Å². The fourth-order valence-electron chi connectivity index (χ4n) is 3.25. The Morgan fingerprint density at radius 1 is 1.03 bits per heavy atom. The molecule has 2 aromatic heterocycles. The second-order valence-electron chi connectivity index (χ2n) is 6.89. The molecule has 4 aromatic rings. The molecule has 0 saturated heterocycles. The molecule has 1 amide bonds. The van der Waals surface area contributed by atoms with Gasteiger partial charge in [0.2, 0.25) is 5.88 Å². The van der Waals surface area contributed by atoms with E-state index in [1.54, 1.807) is 19.1 Å². The number of carbonyl (C=O) groups excluding carboxylic acids is 1. The second-order valence-corrected chi connectivity index (χ2v) is 6.89. The minimum absolute atomic E-state index is 0.0186. The number of ether oxygens (including phenoxy) is 1. The van der Waals surface area contributed by atoms with Crippen LogP contribution in [0.2, 0.25) is 0 Å². The third-order valence-corrected chi connectivity index (χ3v) is 4.87. The smallest absolute Gasteiger partial charge is 0.261 e. The van der Waals surface area contributed by atoms with Crippen LogP contribution in [0.1, 0.15) is 21.7 Å².